The van der Waals surface area contributed by atoms with Gasteiger partial charge < -0.3 is 77.2 Å². The second-order valence-electron chi connectivity index (χ2n) is 11.9. The number of β-amino-alcohol motifs (C(OH)–C–C–N with tert-alkyl or cyclic N) is 1. The number of amides is 1. The molecule has 0 aromatic carbocycles. The molecule has 41 heavy (non-hydrogen) atoms. The quantitative estimate of drug-likeness (QED) is 0.0999. The summed E-state index contributed by atoms with van der Waals surface area (Å²) in [5.41, 5.74) is 9.75. The van der Waals surface area contributed by atoms with Crippen molar-refractivity contribution in [3.8, 4) is 0 Å². The minimum Gasteiger partial charge on any atom is -0.395 e. The smallest absolute Gasteiger partial charge is 0.254 e. The van der Waals surface area contributed by atoms with Crippen LogP contribution < -0.4 is 32.7 Å². The van der Waals surface area contributed by atoms with Gasteiger partial charge in [0.1, 0.15) is 30.0 Å². The van der Waals surface area contributed by atoms with Crippen molar-refractivity contribution in [2.75, 3.05) is 46.4 Å². The number of carbonyl (C=O) groups excluding carboxylic acids is 1. The number of nitrogens with two attached hydrogens (primary N) is 2. The minimum atomic E-state index is -1.61. The number of nitrogens with one attached hydrogen (secondary N) is 4. The van der Waals surface area contributed by atoms with Crippen LogP contribution in [0, 0.1) is 0 Å². The van der Waals surface area contributed by atoms with Crippen molar-refractivity contribution in [3.05, 3.63) is 0 Å². The van der Waals surface area contributed by atoms with Gasteiger partial charge in [0, 0.05) is 32.2 Å². The van der Waals surface area contributed by atoms with Crippen molar-refractivity contribution in [1.29, 1.82) is 0 Å². The maximum absolute atomic E-state index is 12.9. The molecule has 0 bridgehead atoms. The number of hydrogen-bond donors (Lipinski definition) is 11. The molecule has 16 heteroatoms. The first-order chi connectivity index (χ1) is 19.4. The zero-order chi connectivity index (χ0) is 29.9. The topological polar surface area (TPSA) is 255 Å². The maximum atomic E-state index is 12.9. The van der Waals surface area contributed by atoms with Crippen LogP contribution in [-0.2, 0) is 23.7 Å². The summed E-state index contributed by atoms with van der Waals surface area (Å²) in [7, 11) is 1.58. The van der Waals surface area contributed by atoms with Crippen molar-refractivity contribution in [3.63, 3.8) is 0 Å². The van der Waals surface area contributed by atoms with Crippen LogP contribution in [0.5, 0.6) is 0 Å². The Balaban J connectivity index is 1.50. The molecule has 13 N–H and O–H groups in total. The van der Waals surface area contributed by atoms with Gasteiger partial charge in [-0.3, -0.25) is 4.79 Å². The standard InChI is InChI=1S/C25H48N6O10/c1-24(36)11-38-22(17(34)20(24)28-2)41-19-15(31-23(35)25(37)9-30-10-25)7-14(27)18(16(19)33)40-21-13(26)4-3-12(39-21)8-29-5-6-32/h12-22,28-30,32-34,36-37H,3-11,26-27H2,1-2H3,(H,31,35)/t12-,13?,14-,15+,16?,17?,18?,19?,20+,21+,22+,24?/m0/s1. The van der Waals surface area contributed by atoms with E-state index in [0.29, 0.717) is 25.9 Å². The average molecular weight is 593 g/mol. The Hall–Kier alpha value is -1.09. The summed E-state index contributed by atoms with van der Waals surface area (Å²) in [6, 6.07) is -2.95. The summed E-state index contributed by atoms with van der Waals surface area (Å²) in [4.78, 5) is 12.9. The molecule has 3 heterocycles. The maximum Gasteiger partial charge on any atom is 0.254 e. The molecule has 0 aromatic rings. The van der Waals surface area contributed by atoms with E-state index in [2.05, 4.69) is 21.3 Å². The summed E-state index contributed by atoms with van der Waals surface area (Å²) in [5, 5.41) is 64.3. The number of aliphatic hydroxyl groups is 5. The molecule has 4 fully saturated rings. The molecule has 12 atom stereocenters. The lowest BCUT2D eigenvalue weighted by molar-refractivity contribution is -0.308. The van der Waals surface area contributed by atoms with Gasteiger partial charge in [0.2, 0.25) is 0 Å². The fourth-order valence-electron chi connectivity index (χ4n) is 5.94. The number of carbonyl (C=O) groups is 1. The molecule has 1 amide bonds. The summed E-state index contributed by atoms with van der Waals surface area (Å²) >= 11 is 0. The van der Waals surface area contributed by atoms with Crippen molar-refractivity contribution in [2.45, 2.75) is 105 Å². The number of rotatable bonds is 11. The Morgan fingerprint density at radius 1 is 1.07 bits per heavy atom. The van der Waals surface area contributed by atoms with Gasteiger partial charge in [-0.05, 0) is 33.2 Å². The van der Waals surface area contributed by atoms with Gasteiger partial charge in [-0.2, -0.15) is 0 Å². The highest BCUT2D eigenvalue weighted by Gasteiger charge is 2.53. The lowest BCUT2D eigenvalue weighted by Crippen LogP contribution is -2.72. The molecule has 3 saturated heterocycles. The second-order valence-corrected chi connectivity index (χ2v) is 11.9. The summed E-state index contributed by atoms with van der Waals surface area (Å²) in [6.07, 6.45) is -5.95. The third kappa shape index (κ3) is 7.35. The number of hydrogen-bond acceptors (Lipinski definition) is 15. The zero-order valence-electron chi connectivity index (χ0n) is 23.6. The molecular formula is C25H48N6O10. The van der Waals surface area contributed by atoms with Gasteiger partial charge in [-0.15, -0.1) is 0 Å². The first-order valence-electron chi connectivity index (χ1n) is 14.3. The SMILES string of the molecule is CN[C@@H]1C(O)[C@@H](OC2C(O)C(O[C@H]3O[C@H](CNCCO)CCC3N)[C@@H](N)C[C@H]2NC(=O)C2(O)CNC2)OCC1(C)O. The average Bonchev–Trinajstić information content (AvgIpc) is 2.90. The fraction of sp³-hybridized carbons (Fsp3) is 0.960. The highest BCUT2D eigenvalue weighted by molar-refractivity contribution is 5.87. The van der Waals surface area contributed by atoms with Gasteiger partial charge in [0.05, 0.1) is 37.4 Å². The van der Waals surface area contributed by atoms with E-state index in [-0.39, 0.29) is 38.8 Å². The van der Waals surface area contributed by atoms with Crippen molar-refractivity contribution >= 4 is 5.91 Å². The second kappa shape index (κ2) is 13.7. The lowest BCUT2D eigenvalue weighted by atomic mass is 9.82. The Labute approximate surface area is 239 Å². The van der Waals surface area contributed by atoms with Crippen LogP contribution in [0.25, 0.3) is 0 Å². The van der Waals surface area contributed by atoms with Gasteiger partial charge in [0.15, 0.2) is 18.2 Å². The van der Waals surface area contributed by atoms with Gasteiger partial charge in [-0.1, -0.05) is 0 Å². The molecule has 4 aliphatic rings. The molecule has 0 aromatic heterocycles. The van der Waals surface area contributed by atoms with Crippen LogP contribution in [0.3, 0.4) is 0 Å². The summed E-state index contributed by atoms with van der Waals surface area (Å²) in [5.74, 6) is -0.648. The molecule has 0 radical (unpaired) electrons. The number of likely N-dealkylation sites (N-methyl/N-ethyl adjacent to an activating group) is 1. The Morgan fingerprint density at radius 2 is 1.78 bits per heavy atom. The first kappa shape index (κ1) is 32.8. The largest absolute Gasteiger partial charge is 0.395 e. The fourth-order valence-corrected chi connectivity index (χ4v) is 5.94. The molecule has 16 nitrogen and oxygen atoms in total. The normalized spacial score (nSPS) is 44.7. The number of aliphatic hydroxyl groups excluding tert-OH is 3. The molecule has 0 spiro atoms. The Kier molecular flexibility index (Phi) is 11.0. The third-order valence-electron chi connectivity index (χ3n) is 8.47. The van der Waals surface area contributed by atoms with Crippen LogP contribution in [0.2, 0.25) is 0 Å². The molecule has 3 aliphatic heterocycles. The van der Waals surface area contributed by atoms with E-state index in [4.69, 9.17) is 35.5 Å². The van der Waals surface area contributed by atoms with Crippen LogP contribution in [0.4, 0.5) is 0 Å². The molecule has 1 aliphatic carbocycles. The van der Waals surface area contributed by atoms with Crippen LogP contribution in [0.15, 0.2) is 0 Å². The van der Waals surface area contributed by atoms with E-state index < -0.39 is 78.3 Å². The number of ether oxygens (including phenoxy) is 4. The van der Waals surface area contributed by atoms with E-state index in [1.807, 2.05) is 0 Å². The first-order valence-corrected chi connectivity index (χ1v) is 14.3. The highest BCUT2D eigenvalue weighted by atomic mass is 16.7. The van der Waals surface area contributed by atoms with Gasteiger partial charge >= 0.3 is 0 Å². The molecule has 6 unspecified atom stereocenters. The van der Waals surface area contributed by atoms with E-state index in [1.54, 1.807) is 7.05 Å². The lowest BCUT2D eigenvalue weighted by Gasteiger charge is -2.49. The third-order valence-corrected chi connectivity index (χ3v) is 8.47. The van der Waals surface area contributed by atoms with Crippen LogP contribution in [0.1, 0.15) is 26.2 Å². The molecule has 1 saturated carbocycles. The van der Waals surface area contributed by atoms with Crippen LogP contribution in [-0.4, -0.2) is 156 Å². The highest BCUT2D eigenvalue weighted by Crippen LogP contribution is 2.32. The van der Waals surface area contributed by atoms with E-state index in [9.17, 15) is 25.2 Å². The zero-order valence-corrected chi connectivity index (χ0v) is 23.6. The van der Waals surface area contributed by atoms with Crippen molar-refractivity contribution < 1.29 is 49.3 Å². The molecular weight excluding hydrogens is 544 g/mol. The summed E-state index contributed by atoms with van der Waals surface area (Å²) < 4.78 is 24.0. The van der Waals surface area contributed by atoms with Gasteiger partial charge in [0.25, 0.3) is 5.91 Å². The van der Waals surface area contributed by atoms with Gasteiger partial charge in [-0.25, -0.2) is 0 Å². The summed E-state index contributed by atoms with van der Waals surface area (Å²) in [6.45, 7) is 2.40. The van der Waals surface area contributed by atoms with Crippen molar-refractivity contribution in [2.24, 2.45) is 11.5 Å². The predicted octanol–water partition coefficient (Wildman–Crippen LogP) is -5.86. The molecule has 238 valence electrons. The van der Waals surface area contributed by atoms with E-state index in [1.165, 1.54) is 6.92 Å². The Bertz CT molecular complexity index is 869. The van der Waals surface area contributed by atoms with Crippen LogP contribution >= 0.6 is 0 Å². The Morgan fingerprint density at radius 3 is 2.41 bits per heavy atom. The molecule has 4 rings (SSSR count). The van der Waals surface area contributed by atoms with E-state index in [0.717, 1.165) is 0 Å². The monoisotopic (exact) mass is 592 g/mol. The van der Waals surface area contributed by atoms with Crippen molar-refractivity contribution in [1.82, 2.24) is 21.3 Å². The van der Waals surface area contributed by atoms with E-state index >= 15 is 0 Å². The predicted molar refractivity (Wildman–Crippen MR) is 143 cm³/mol. The minimum absolute atomic E-state index is 0.00565.